The van der Waals surface area contributed by atoms with Crippen molar-refractivity contribution in [1.82, 2.24) is 20.5 Å². The molecule has 130 valence electrons. The van der Waals surface area contributed by atoms with Crippen LogP contribution in [0, 0.1) is 5.92 Å². The Hall–Kier alpha value is -1.63. The number of H-pyrrole nitrogens is 1. The van der Waals surface area contributed by atoms with E-state index in [0.29, 0.717) is 16.8 Å². The number of rotatable bonds is 6. The summed E-state index contributed by atoms with van der Waals surface area (Å²) in [5, 5.41) is 11.0. The monoisotopic (exact) mass is 350 g/mol. The predicted octanol–water partition coefficient (Wildman–Crippen LogP) is 3.29. The van der Waals surface area contributed by atoms with Crippen molar-refractivity contribution in [2.75, 3.05) is 20.3 Å². The van der Waals surface area contributed by atoms with Gasteiger partial charge in [0.25, 0.3) is 0 Å². The molecule has 0 aliphatic carbocycles. The summed E-state index contributed by atoms with van der Waals surface area (Å²) in [7, 11) is 1.56. The summed E-state index contributed by atoms with van der Waals surface area (Å²) in [6.45, 7) is 3.77. The number of nitrogens with one attached hydrogen (secondary N) is 2. The molecular weight excluding hydrogens is 328 g/mol. The maximum absolute atomic E-state index is 6.17. The second kappa shape index (κ2) is 7.96. The van der Waals surface area contributed by atoms with Gasteiger partial charge >= 0.3 is 0 Å². The Balaban J connectivity index is 1.62. The Kier molecular flexibility index (Phi) is 5.71. The number of hydrogen-bond donors (Lipinski definition) is 2. The van der Waals surface area contributed by atoms with Gasteiger partial charge in [-0.3, -0.25) is 5.10 Å². The summed E-state index contributed by atoms with van der Waals surface area (Å²) < 4.78 is 11.1. The van der Waals surface area contributed by atoms with Crippen molar-refractivity contribution in [3.8, 4) is 5.88 Å². The van der Waals surface area contributed by atoms with E-state index in [1.54, 1.807) is 13.3 Å². The van der Waals surface area contributed by atoms with Crippen molar-refractivity contribution in [3.63, 3.8) is 0 Å². The van der Waals surface area contributed by atoms with Gasteiger partial charge in [-0.2, -0.15) is 5.10 Å². The fourth-order valence-electron chi connectivity index (χ4n) is 3.11. The molecular formula is C17H23ClN4O2. The third-order valence-electron chi connectivity index (χ3n) is 4.50. The highest BCUT2D eigenvalue weighted by Gasteiger charge is 2.28. The minimum Gasteiger partial charge on any atom is -0.480 e. The second-order valence-electron chi connectivity index (χ2n) is 6.12. The molecule has 1 unspecified atom stereocenters. The van der Waals surface area contributed by atoms with Crippen LogP contribution in [0.1, 0.15) is 43.0 Å². The van der Waals surface area contributed by atoms with Crippen LogP contribution < -0.4 is 10.1 Å². The predicted molar refractivity (Wildman–Crippen MR) is 92.2 cm³/mol. The van der Waals surface area contributed by atoms with E-state index < -0.39 is 0 Å². The minimum absolute atomic E-state index is 0.0924. The highest BCUT2D eigenvalue weighted by molar-refractivity contribution is 6.31. The molecule has 3 heterocycles. The summed E-state index contributed by atoms with van der Waals surface area (Å²) in [6, 6.07) is 2.04. The zero-order valence-corrected chi connectivity index (χ0v) is 14.7. The molecule has 6 nitrogen and oxygen atoms in total. The number of methoxy groups -OCH3 is 1. The first-order valence-electron chi connectivity index (χ1n) is 8.22. The quantitative estimate of drug-likeness (QED) is 0.836. The van der Waals surface area contributed by atoms with Crippen LogP contribution in [0.3, 0.4) is 0 Å². The average Bonchev–Trinajstić information content (AvgIpc) is 3.14. The van der Waals surface area contributed by atoms with Crippen LogP contribution in [-0.4, -0.2) is 35.4 Å². The minimum atomic E-state index is 0.0924. The van der Waals surface area contributed by atoms with Crippen molar-refractivity contribution in [2.24, 2.45) is 5.92 Å². The van der Waals surface area contributed by atoms with E-state index in [4.69, 9.17) is 21.1 Å². The Morgan fingerprint density at radius 1 is 1.50 bits per heavy atom. The van der Waals surface area contributed by atoms with Crippen LogP contribution in [0.4, 0.5) is 0 Å². The zero-order chi connectivity index (χ0) is 16.9. The molecule has 2 N–H and O–H groups in total. The first-order valence-corrected chi connectivity index (χ1v) is 8.60. The molecule has 1 saturated heterocycles. The Morgan fingerprint density at radius 3 is 3.08 bits per heavy atom. The van der Waals surface area contributed by atoms with E-state index in [1.165, 1.54) is 0 Å². The van der Waals surface area contributed by atoms with Crippen LogP contribution >= 0.6 is 11.6 Å². The molecule has 2 aromatic rings. The first-order chi connectivity index (χ1) is 11.7. The molecule has 0 spiro atoms. The second-order valence-corrected chi connectivity index (χ2v) is 6.52. The summed E-state index contributed by atoms with van der Waals surface area (Å²) in [4.78, 5) is 4.24. The zero-order valence-electron chi connectivity index (χ0n) is 14.0. The summed E-state index contributed by atoms with van der Waals surface area (Å²) >= 11 is 6.17. The lowest BCUT2D eigenvalue weighted by Crippen LogP contribution is -2.33. The number of nitrogens with zero attached hydrogens (tertiary/aromatic N) is 2. The van der Waals surface area contributed by atoms with Gasteiger partial charge in [0, 0.05) is 43.1 Å². The number of ether oxygens (including phenoxy) is 2. The largest absolute Gasteiger partial charge is 0.480 e. The molecule has 3 rings (SSSR count). The summed E-state index contributed by atoms with van der Waals surface area (Å²) in [5.41, 5.74) is 2.15. The van der Waals surface area contributed by atoms with Crippen LogP contribution in [-0.2, 0) is 4.74 Å². The number of aromatic amines is 1. The highest BCUT2D eigenvalue weighted by Crippen LogP contribution is 2.33. The van der Waals surface area contributed by atoms with Gasteiger partial charge in [0.15, 0.2) is 0 Å². The van der Waals surface area contributed by atoms with Crippen molar-refractivity contribution in [1.29, 1.82) is 0 Å². The van der Waals surface area contributed by atoms with Crippen LogP contribution in [0.2, 0.25) is 5.02 Å². The van der Waals surface area contributed by atoms with Gasteiger partial charge in [0.05, 0.1) is 19.4 Å². The molecule has 7 heteroatoms. The van der Waals surface area contributed by atoms with E-state index in [9.17, 15) is 0 Å². The SMILES string of the molecule is COc1ncc(C(C)NC[C@@H]2CCCO[C@H]2c2cn[nH]c2)cc1Cl. The molecule has 24 heavy (non-hydrogen) atoms. The lowest BCUT2D eigenvalue weighted by Gasteiger charge is -2.32. The van der Waals surface area contributed by atoms with Crippen molar-refractivity contribution < 1.29 is 9.47 Å². The van der Waals surface area contributed by atoms with Gasteiger partial charge in [0.1, 0.15) is 5.02 Å². The molecule has 1 aliphatic heterocycles. The Morgan fingerprint density at radius 2 is 2.38 bits per heavy atom. The highest BCUT2D eigenvalue weighted by atomic mass is 35.5. The van der Waals surface area contributed by atoms with Gasteiger partial charge in [-0.1, -0.05) is 11.6 Å². The number of pyridine rings is 1. The maximum atomic E-state index is 6.17. The van der Waals surface area contributed by atoms with E-state index >= 15 is 0 Å². The molecule has 0 saturated carbocycles. The average molecular weight is 351 g/mol. The lowest BCUT2D eigenvalue weighted by molar-refractivity contribution is -0.0283. The van der Waals surface area contributed by atoms with Crippen LogP contribution in [0.5, 0.6) is 5.88 Å². The molecule has 0 amide bonds. The fraction of sp³-hybridized carbons (Fsp3) is 0.529. The van der Waals surface area contributed by atoms with Crippen molar-refractivity contribution >= 4 is 11.6 Å². The number of halogens is 1. The molecule has 0 radical (unpaired) electrons. The lowest BCUT2D eigenvalue weighted by atomic mass is 9.90. The van der Waals surface area contributed by atoms with Gasteiger partial charge < -0.3 is 14.8 Å². The third kappa shape index (κ3) is 3.88. The number of hydrogen-bond acceptors (Lipinski definition) is 5. The van der Waals surface area contributed by atoms with Gasteiger partial charge in [-0.15, -0.1) is 0 Å². The summed E-state index contributed by atoms with van der Waals surface area (Å²) in [6.07, 6.45) is 7.88. The van der Waals surface area contributed by atoms with Crippen LogP contribution in [0.25, 0.3) is 0 Å². The van der Waals surface area contributed by atoms with E-state index in [0.717, 1.165) is 37.1 Å². The topological polar surface area (TPSA) is 72.1 Å². The molecule has 0 aromatic carbocycles. The van der Waals surface area contributed by atoms with E-state index in [1.807, 2.05) is 18.5 Å². The molecule has 0 bridgehead atoms. The molecule has 2 aromatic heterocycles. The Bertz CT molecular complexity index is 650. The number of aromatic nitrogens is 3. The van der Waals surface area contributed by atoms with E-state index in [2.05, 4.69) is 27.4 Å². The molecule has 1 aliphatic rings. The maximum Gasteiger partial charge on any atom is 0.232 e. The smallest absolute Gasteiger partial charge is 0.232 e. The first kappa shape index (κ1) is 17.2. The van der Waals surface area contributed by atoms with E-state index in [-0.39, 0.29) is 12.1 Å². The third-order valence-corrected chi connectivity index (χ3v) is 4.77. The molecule has 3 atom stereocenters. The fourth-order valence-corrected chi connectivity index (χ4v) is 3.36. The van der Waals surface area contributed by atoms with Crippen molar-refractivity contribution in [3.05, 3.63) is 40.8 Å². The molecule has 1 fully saturated rings. The van der Waals surface area contributed by atoms with Gasteiger partial charge in [0.2, 0.25) is 5.88 Å². The Labute approximate surface area is 146 Å². The van der Waals surface area contributed by atoms with Crippen LogP contribution in [0.15, 0.2) is 24.7 Å². The standard InChI is InChI=1S/C17H23ClN4O2/c1-11(13-6-15(18)17(23-2)20-8-13)19-7-12-4-3-5-24-16(12)14-9-21-22-10-14/h6,8-12,16,19H,3-5,7H2,1-2H3,(H,21,22)/t11?,12-,16+/m0/s1. The summed E-state index contributed by atoms with van der Waals surface area (Å²) in [5.74, 6) is 0.869. The van der Waals surface area contributed by atoms with Gasteiger partial charge in [-0.05, 0) is 31.4 Å². The van der Waals surface area contributed by atoms with Gasteiger partial charge in [-0.25, -0.2) is 4.98 Å². The normalized spacial score (nSPS) is 22.3. The van der Waals surface area contributed by atoms with Crippen molar-refractivity contribution in [2.45, 2.75) is 31.9 Å².